The molecule has 1 N–H and O–H groups in total. The maximum atomic E-state index is 13.2. The largest absolute Gasteiger partial charge is 0.450 e. The van der Waals surface area contributed by atoms with E-state index >= 15 is 0 Å². The second kappa shape index (κ2) is 8.53. The van der Waals surface area contributed by atoms with Gasteiger partial charge in [0.1, 0.15) is 11.3 Å². The summed E-state index contributed by atoms with van der Waals surface area (Å²) in [5, 5.41) is 3.33. The SMILES string of the molecule is Cc1ccc(Sc2ccc(/C=C3\C(=O)NC(=S)N(c4cc(C)cc(C)c4)C3=O)o2)cc1. The topological polar surface area (TPSA) is 62.6 Å². The molecule has 1 saturated heterocycles. The summed E-state index contributed by atoms with van der Waals surface area (Å²) in [5.41, 5.74) is 3.76. The molecule has 2 amide bonds. The molecule has 2 heterocycles. The van der Waals surface area contributed by atoms with Gasteiger partial charge in [0.05, 0.1) is 5.69 Å². The van der Waals surface area contributed by atoms with Gasteiger partial charge in [0, 0.05) is 4.90 Å². The number of thiocarbonyl (C=S) groups is 1. The van der Waals surface area contributed by atoms with Crippen molar-refractivity contribution in [2.24, 2.45) is 0 Å². The molecule has 0 spiro atoms. The summed E-state index contributed by atoms with van der Waals surface area (Å²) in [4.78, 5) is 28.0. The number of hydrogen-bond acceptors (Lipinski definition) is 5. The number of nitrogens with one attached hydrogen (secondary N) is 1. The first-order chi connectivity index (χ1) is 14.8. The predicted molar refractivity (Wildman–Crippen MR) is 126 cm³/mol. The van der Waals surface area contributed by atoms with Crippen LogP contribution < -0.4 is 10.2 Å². The lowest BCUT2D eigenvalue weighted by Gasteiger charge is -2.29. The van der Waals surface area contributed by atoms with E-state index in [2.05, 4.69) is 5.32 Å². The van der Waals surface area contributed by atoms with E-state index in [0.717, 1.165) is 16.0 Å². The lowest BCUT2D eigenvalue weighted by Crippen LogP contribution is -2.54. The number of anilines is 1. The molecule has 1 aromatic heterocycles. The molecule has 1 aliphatic rings. The average Bonchev–Trinajstić information content (AvgIpc) is 3.13. The van der Waals surface area contributed by atoms with Crippen molar-refractivity contribution in [1.82, 2.24) is 5.32 Å². The molecule has 0 radical (unpaired) electrons. The van der Waals surface area contributed by atoms with Crippen LogP contribution in [0, 0.1) is 20.8 Å². The second-order valence-electron chi connectivity index (χ2n) is 7.38. The first-order valence-electron chi connectivity index (χ1n) is 9.64. The molecule has 5 nitrogen and oxygen atoms in total. The Labute approximate surface area is 190 Å². The minimum atomic E-state index is -0.542. The van der Waals surface area contributed by atoms with Gasteiger partial charge in [-0.3, -0.25) is 19.8 Å². The van der Waals surface area contributed by atoms with Crippen LogP contribution in [0.4, 0.5) is 5.69 Å². The highest BCUT2D eigenvalue weighted by Crippen LogP contribution is 2.31. The van der Waals surface area contributed by atoms with Gasteiger partial charge in [0.2, 0.25) is 0 Å². The van der Waals surface area contributed by atoms with Crippen LogP contribution in [0.25, 0.3) is 6.08 Å². The van der Waals surface area contributed by atoms with Gasteiger partial charge in [-0.1, -0.05) is 35.5 Å². The molecule has 0 aliphatic carbocycles. The lowest BCUT2D eigenvalue weighted by atomic mass is 10.1. The Bertz CT molecular complexity index is 1210. The minimum absolute atomic E-state index is 0.0333. The molecule has 0 unspecified atom stereocenters. The normalized spacial score (nSPS) is 15.5. The monoisotopic (exact) mass is 448 g/mol. The van der Waals surface area contributed by atoms with Crippen LogP contribution in [0.15, 0.2) is 74.6 Å². The van der Waals surface area contributed by atoms with Crippen LogP contribution in [0.3, 0.4) is 0 Å². The zero-order valence-corrected chi connectivity index (χ0v) is 18.9. The van der Waals surface area contributed by atoms with Gasteiger partial charge in [-0.25, -0.2) is 0 Å². The van der Waals surface area contributed by atoms with Gasteiger partial charge >= 0.3 is 0 Å². The van der Waals surface area contributed by atoms with Crippen molar-refractivity contribution in [2.75, 3.05) is 4.90 Å². The van der Waals surface area contributed by atoms with Crippen molar-refractivity contribution >= 4 is 52.7 Å². The quantitative estimate of drug-likeness (QED) is 0.338. The Balaban J connectivity index is 1.61. The fourth-order valence-corrected chi connectivity index (χ4v) is 4.36. The number of carbonyl (C=O) groups is 2. The highest BCUT2D eigenvalue weighted by atomic mass is 32.2. The lowest BCUT2D eigenvalue weighted by molar-refractivity contribution is -0.122. The van der Waals surface area contributed by atoms with Gasteiger partial charge in [0.25, 0.3) is 11.8 Å². The van der Waals surface area contributed by atoms with Gasteiger partial charge in [-0.2, -0.15) is 0 Å². The fraction of sp³-hybridized carbons (Fsp3) is 0.125. The third-order valence-corrected chi connectivity index (χ3v) is 5.91. The zero-order chi connectivity index (χ0) is 22.1. The van der Waals surface area contributed by atoms with Crippen molar-refractivity contribution in [3.05, 3.63) is 82.6 Å². The van der Waals surface area contributed by atoms with Crippen molar-refractivity contribution in [3.63, 3.8) is 0 Å². The Morgan fingerprint density at radius 3 is 2.29 bits per heavy atom. The average molecular weight is 449 g/mol. The fourth-order valence-electron chi connectivity index (χ4n) is 3.30. The molecule has 0 bridgehead atoms. The molecule has 0 saturated carbocycles. The Morgan fingerprint density at radius 2 is 1.61 bits per heavy atom. The van der Waals surface area contributed by atoms with Gasteiger partial charge < -0.3 is 4.42 Å². The third-order valence-electron chi connectivity index (χ3n) is 4.69. The van der Waals surface area contributed by atoms with Crippen LogP contribution >= 0.6 is 24.0 Å². The molecular formula is C24H20N2O3S2. The summed E-state index contributed by atoms with van der Waals surface area (Å²) in [6.07, 6.45) is 1.45. The molecule has 7 heteroatoms. The highest BCUT2D eigenvalue weighted by Gasteiger charge is 2.34. The number of nitrogens with zero attached hydrogens (tertiary/aromatic N) is 1. The first-order valence-corrected chi connectivity index (χ1v) is 10.9. The first kappa shape index (κ1) is 21.1. The molecule has 1 fully saturated rings. The van der Waals surface area contributed by atoms with Crippen LogP contribution in [-0.4, -0.2) is 16.9 Å². The highest BCUT2D eigenvalue weighted by molar-refractivity contribution is 7.99. The summed E-state index contributed by atoms with van der Waals surface area (Å²) >= 11 is 6.74. The van der Waals surface area contributed by atoms with E-state index in [-0.39, 0.29) is 10.7 Å². The van der Waals surface area contributed by atoms with Gasteiger partial charge in [-0.15, -0.1) is 0 Å². The van der Waals surface area contributed by atoms with E-state index in [1.165, 1.54) is 28.3 Å². The molecule has 0 atom stereocenters. The summed E-state index contributed by atoms with van der Waals surface area (Å²) < 4.78 is 5.83. The Morgan fingerprint density at radius 1 is 0.935 bits per heavy atom. The maximum Gasteiger partial charge on any atom is 0.270 e. The summed E-state index contributed by atoms with van der Waals surface area (Å²) in [7, 11) is 0. The summed E-state index contributed by atoms with van der Waals surface area (Å²) in [6, 6.07) is 17.4. The van der Waals surface area contributed by atoms with Crippen molar-refractivity contribution in [1.29, 1.82) is 0 Å². The standard InChI is InChI=1S/C24H20N2O3S2/c1-14-4-7-19(8-5-14)31-21-9-6-18(29-21)13-20-22(27)25-24(30)26(23(20)28)17-11-15(2)10-16(3)12-17/h4-13H,1-3H3,(H,25,27,30)/b20-13+. The molecule has 156 valence electrons. The smallest absolute Gasteiger partial charge is 0.270 e. The number of aryl methyl sites for hydroxylation is 3. The molecule has 4 rings (SSSR count). The predicted octanol–water partition coefficient (Wildman–Crippen LogP) is 5.19. The molecule has 2 aromatic carbocycles. The number of carbonyl (C=O) groups excluding carboxylic acids is 2. The minimum Gasteiger partial charge on any atom is -0.450 e. The van der Waals surface area contributed by atoms with Crippen LogP contribution in [0.2, 0.25) is 0 Å². The maximum absolute atomic E-state index is 13.2. The van der Waals surface area contributed by atoms with Crippen molar-refractivity contribution in [3.8, 4) is 0 Å². The number of rotatable bonds is 4. The zero-order valence-electron chi connectivity index (χ0n) is 17.3. The van der Waals surface area contributed by atoms with E-state index in [1.54, 1.807) is 6.07 Å². The van der Waals surface area contributed by atoms with Crippen LogP contribution in [0.1, 0.15) is 22.5 Å². The molecule has 3 aromatic rings. The van der Waals surface area contributed by atoms with Crippen LogP contribution in [0.5, 0.6) is 0 Å². The molecular weight excluding hydrogens is 428 g/mol. The van der Waals surface area contributed by atoms with E-state index in [1.807, 2.05) is 69.3 Å². The number of benzene rings is 2. The Hall–Kier alpha value is -3.16. The van der Waals surface area contributed by atoms with E-state index in [9.17, 15) is 9.59 Å². The van der Waals surface area contributed by atoms with E-state index in [0.29, 0.717) is 16.5 Å². The number of furan rings is 1. The molecule has 31 heavy (non-hydrogen) atoms. The third kappa shape index (κ3) is 4.62. The Kier molecular flexibility index (Phi) is 5.80. The van der Waals surface area contributed by atoms with Crippen molar-refractivity contribution in [2.45, 2.75) is 30.8 Å². The summed E-state index contributed by atoms with van der Waals surface area (Å²) in [5.74, 6) is -0.607. The number of amides is 2. The second-order valence-corrected chi connectivity index (χ2v) is 8.84. The molecule has 1 aliphatic heterocycles. The van der Waals surface area contributed by atoms with E-state index < -0.39 is 11.8 Å². The summed E-state index contributed by atoms with van der Waals surface area (Å²) in [6.45, 7) is 5.92. The number of hydrogen-bond donors (Lipinski definition) is 1. The van der Waals surface area contributed by atoms with Gasteiger partial charge in [0.15, 0.2) is 10.2 Å². The van der Waals surface area contributed by atoms with Crippen LogP contribution in [-0.2, 0) is 9.59 Å². The van der Waals surface area contributed by atoms with E-state index in [4.69, 9.17) is 16.6 Å². The van der Waals surface area contributed by atoms with Gasteiger partial charge in [-0.05, 0) is 86.6 Å². The van der Waals surface area contributed by atoms with Crippen molar-refractivity contribution < 1.29 is 14.0 Å².